The van der Waals surface area contributed by atoms with Crippen LogP contribution in [0.1, 0.15) is 26.7 Å². The Morgan fingerprint density at radius 1 is 1.38 bits per heavy atom. The Bertz CT molecular complexity index is 306. The molecular formula is C15H32N4OS. The molecule has 0 aliphatic carbocycles. The maximum Gasteiger partial charge on any atom is 0.191 e. The van der Waals surface area contributed by atoms with Crippen LogP contribution in [-0.4, -0.2) is 74.8 Å². The van der Waals surface area contributed by atoms with Gasteiger partial charge < -0.3 is 20.3 Å². The highest BCUT2D eigenvalue weighted by Gasteiger charge is 2.29. The van der Waals surface area contributed by atoms with E-state index < -0.39 is 0 Å². The van der Waals surface area contributed by atoms with Crippen molar-refractivity contribution in [1.29, 1.82) is 0 Å². The molecule has 1 aliphatic heterocycles. The molecule has 1 heterocycles. The summed E-state index contributed by atoms with van der Waals surface area (Å²) in [5, 5.41) is 6.74. The van der Waals surface area contributed by atoms with Crippen LogP contribution >= 0.6 is 11.8 Å². The minimum absolute atomic E-state index is 0.331. The van der Waals surface area contributed by atoms with Crippen LogP contribution in [-0.2, 0) is 4.74 Å². The number of hydrogen-bond acceptors (Lipinski definition) is 4. The molecule has 1 unspecified atom stereocenters. The number of hydrogen-bond donors (Lipinski definition) is 2. The summed E-state index contributed by atoms with van der Waals surface area (Å²) in [6.07, 6.45) is 2.60. The van der Waals surface area contributed by atoms with E-state index in [1.807, 2.05) is 0 Å². The minimum Gasteiger partial charge on any atom is -0.383 e. The molecule has 21 heavy (non-hydrogen) atoms. The highest BCUT2D eigenvalue weighted by atomic mass is 32.2. The Kier molecular flexibility index (Phi) is 9.11. The average molecular weight is 317 g/mol. The molecule has 0 spiro atoms. The summed E-state index contributed by atoms with van der Waals surface area (Å²) in [6, 6.07) is 0. The van der Waals surface area contributed by atoms with Crippen molar-refractivity contribution in [2.45, 2.75) is 31.4 Å². The van der Waals surface area contributed by atoms with Gasteiger partial charge in [0.15, 0.2) is 5.96 Å². The number of thioether (sulfide) groups is 1. The maximum absolute atomic E-state index is 5.08. The SMILES string of the molecule is CCNC(=NCC1(C)CCCS1)NCCN(C)CCOC. The zero-order valence-electron chi connectivity index (χ0n) is 14.1. The first kappa shape index (κ1) is 18.6. The highest BCUT2D eigenvalue weighted by Crippen LogP contribution is 2.37. The van der Waals surface area contributed by atoms with Crippen LogP contribution in [0.3, 0.4) is 0 Å². The van der Waals surface area contributed by atoms with E-state index in [4.69, 9.17) is 9.73 Å². The van der Waals surface area contributed by atoms with Gasteiger partial charge in [-0.3, -0.25) is 4.99 Å². The van der Waals surface area contributed by atoms with Crippen molar-refractivity contribution in [3.63, 3.8) is 0 Å². The first-order valence-electron chi connectivity index (χ1n) is 7.93. The number of rotatable bonds is 9. The summed E-state index contributed by atoms with van der Waals surface area (Å²) in [5.74, 6) is 2.21. The zero-order valence-corrected chi connectivity index (χ0v) is 14.9. The van der Waals surface area contributed by atoms with Gasteiger partial charge in [-0.05, 0) is 39.5 Å². The third-order valence-electron chi connectivity index (χ3n) is 3.68. The van der Waals surface area contributed by atoms with Gasteiger partial charge in [0.1, 0.15) is 0 Å². The Hall–Kier alpha value is -0.460. The lowest BCUT2D eigenvalue weighted by atomic mass is 10.1. The Morgan fingerprint density at radius 2 is 2.19 bits per heavy atom. The fraction of sp³-hybridized carbons (Fsp3) is 0.933. The predicted octanol–water partition coefficient (Wildman–Crippen LogP) is 1.41. The first-order valence-corrected chi connectivity index (χ1v) is 8.92. The molecular weight excluding hydrogens is 284 g/mol. The maximum atomic E-state index is 5.08. The number of methoxy groups -OCH3 is 1. The van der Waals surface area contributed by atoms with Gasteiger partial charge in [0.2, 0.25) is 0 Å². The Morgan fingerprint density at radius 3 is 2.81 bits per heavy atom. The quantitative estimate of drug-likeness (QED) is 0.497. The fourth-order valence-corrected chi connectivity index (χ4v) is 3.50. The molecule has 0 aromatic carbocycles. The van der Waals surface area contributed by atoms with Gasteiger partial charge in [-0.1, -0.05) is 0 Å². The monoisotopic (exact) mass is 316 g/mol. The molecule has 1 atom stereocenters. The standard InChI is InChI=1S/C15H32N4OS/c1-5-16-14(17-8-9-19(3)10-11-20-4)18-13-15(2)7-6-12-21-15/h5-13H2,1-4H3,(H2,16,17,18). The van der Waals surface area contributed by atoms with Crippen molar-refractivity contribution >= 4 is 17.7 Å². The molecule has 0 radical (unpaired) electrons. The second-order valence-electron chi connectivity index (χ2n) is 5.82. The predicted molar refractivity (Wildman–Crippen MR) is 93.5 cm³/mol. The fourth-order valence-electron chi connectivity index (χ4n) is 2.27. The van der Waals surface area contributed by atoms with Crippen LogP contribution in [0.2, 0.25) is 0 Å². The largest absolute Gasteiger partial charge is 0.383 e. The third kappa shape index (κ3) is 7.93. The summed E-state index contributed by atoms with van der Waals surface area (Å²) in [6.45, 7) is 9.85. The van der Waals surface area contributed by atoms with E-state index in [1.54, 1.807) is 7.11 Å². The molecule has 1 rings (SSSR count). The summed E-state index contributed by atoms with van der Waals surface area (Å²) >= 11 is 2.06. The number of aliphatic imine (C=N–C) groups is 1. The van der Waals surface area contributed by atoms with Crippen molar-refractivity contribution in [2.24, 2.45) is 4.99 Å². The molecule has 1 aliphatic rings. The molecule has 0 amide bonds. The summed E-state index contributed by atoms with van der Waals surface area (Å²) in [5.41, 5.74) is 0. The molecule has 0 aromatic heterocycles. The normalized spacial score (nSPS) is 22.8. The topological polar surface area (TPSA) is 48.9 Å². The number of likely N-dealkylation sites (N-methyl/N-ethyl adjacent to an activating group) is 1. The van der Waals surface area contributed by atoms with Crippen LogP contribution in [0.15, 0.2) is 4.99 Å². The number of guanidine groups is 1. The molecule has 124 valence electrons. The minimum atomic E-state index is 0.331. The van der Waals surface area contributed by atoms with Crippen molar-refractivity contribution in [3.05, 3.63) is 0 Å². The van der Waals surface area contributed by atoms with Gasteiger partial charge in [0.05, 0.1) is 13.2 Å². The van der Waals surface area contributed by atoms with Crippen molar-refractivity contribution in [2.75, 3.05) is 59.2 Å². The lowest BCUT2D eigenvalue weighted by molar-refractivity contribution is 0.162. The number of ether oxygens (including phenoxy) is 1. The molecule has 5 nitrogen and oxygen atoms in total. The van der Waals surface area contributed by atoms with Gasteiger partial charge in [0.25, 0.3) is 0 Å². The molecule has 6 heteroatoms. The molecule has 1 fully saturated rings. The summed E-state index contributed by atoms with van der Waals surface area (Å²) < 4.78 is 5.42. The number of nitrogens with one attached hydrogen (secondary N) is 2. The lowest BCUT2D eigenvalue weighted by Crippen LogP contribution is -2.42. The van der Waals surface area contributed by atoms with Crippen LogP contribution in [0, 0.1) is 0 Å². The summed E-state index contributed by atoms with van der Waals surface area (Å²) in [4.78, 5) is 7.01. The Balaban J connectivity index is 2.31. The molecule has 0 bridgehead atoms. The van der Waals surface area contributed by atoms with E-state index in [1.165, 1.54) is 18.6 Å². The van der Waals surface area contributed by atoms with Gasteiger partial charge in [-0.2, -0.15) is 11.8 Å². The molecule has 0 aromatic rings. The van der Waals surface area contributed by atoms with E-state index in [9.17, 15) is 0 Å². The molecule has 1 saturated heterocycles. The van der Waals surface area contributed by atoms with E-state index in [2.05, 4.69) is 48.2 Å². The summed E-state index contributed by atoms with van der Waals surface area (Å²) in [7, 11) is 3.85. The van der Waals surface area contributed by atoms with Crippen LogP contribution in [0.4, 0.5) is 0 Å². The van der Waals surface area contributed by atoms with Crippen LogP contribution in [0.5, 0.6) is 0 Å². The Labute approximate surface area is 134 Å². The van der Waals surface area contributed by atoms with Gasteiger partial charge in [-0.25, -0.2) is 0 Å². The highest BCUT2D eigenvalue weighted by molar-refractivity contribution is 8.00. The van der Waals surface area contributed by atoms with E-state index in [-0.39, 0.29) is 0 Å². The zero-order chi connectivity index (χ0) is 15.6. The third-order valence-corrected chi connectivity index (χ3v) is 5.20. The second kappa shape index (κ2) is 10.3. The number of nitrogens with zero attached hydrogens (tertiary/aromatic N) is 2. The smallest absolute Gasteiger partial charge is 0.191 e. The van der Waals surface area contributed by atoms with Crippen molar-refractivity contribution in [3.8, 4) is 0 Å². The van der Waals surface area contributed by atoms with Crippen LogP contribution < -0.4 is 10.6 Å². The molecule has 2 N–H and O–H groups in total. The average Bonchev–Trinajstić information content (AvgIpc) is 2.90. The lowest BCUT2D eigenvalue weighted by Gasteiger charge is -2.21. The van der Waals surface area contributed by atoms with Gasteiger partial charge >= 0.3 is 0 Å². The first-order chi connectivity index (χ1) is 10.1. The van der Waals surface area contributed by atoms with E-state index in [0.717, 1.165) is 45.3 Å². The van der Waals surface area contributed by atoms with E-state index in [0.29, 0.717) is 4.75 Å². The van der Waals surface area contributed by atoms with E-state index >= 15 is 0 Å². The van der Waals surface area contributed by atoms with Gasteiger partial charge in [-0.15, -0.1) is 0 Å². The molecule has 0 saturated carbocycles. The van der Waals surface area contributed by atoms with Crippen molar-refractivity contribution in [1.82, 2.24) is 15.5 Å². The second-order valence-corrected chi connectivity index (χ2v) is 7.50. The van der Waals surface area contributed by atoms with Gasteiger partial charge in [0, 0.05) is 38.0 Å². The van der Waals surface area contributed by atoms with Crippen molar-refractivity contribution < 1.29 is 4.74 Å². The van der Waals surface area contributed by atoms with Crippen LogP contribution in [0.25, 0.3) is 0 Å².